The summed E-state index contributed by atoms with van der Waals surface area (Å²) < 4.78 is 1.37. The highest BCUT2D eigenvalue weighted by molar-refractivity contribution is 5.78. The summed E-state index contributed by atoms with van der Waals surface area (Å²) in [5.41, 5.74) is 3.26. The summed E-state index contributed by atoms with van der Waals surface area (Å²) in [5, 5.41) is 0.992. The number of fused-ring (bicyclic) bond motifs is 1. The van der Waals surface area contributed by atoms with Gasteiger partial charge >= 0.3 is 0 Å². The van der Waals surface area contributed by atoms with Crippen molar-refractivity contribution in [2.24, 2.45) is 0 Å². The van der Waals surface area contributed by atoms with Gasteiger partial charge in [-0.3, -0.25) is 4.79 Å². The molecule has 0 amide bonds. The Morgan fingerprint density at radius 1 is 1.09 bits per heavy atom. The topological polar surface area (TPSA) is 31.2 Å². The number of nitrogens with zero attached hydrogens (tertiary/aromatic N) is 1. The lowest BCUT2D eigenvalue weighted by molar-refractivity contribution is 0.136. The highest BCUT2D eigenvalue weighted by Gasteiger charge is 2.02. The van der Waals surface area contributed by atoms with Crippen LogP contribution < -0.4 is 10.4 Å². The van der Waals surface area contributed by atoms with Gasteiger partial charge in [0, 0.05) is 11.5 Å². The van der Waals surface area contributed by atoms with E-state index in [-0.39, 0.29) is 5.56 Å². The van der Waals surface area contributed by atoms with E-state index in [1.807, 2.05) is 36.4 Å². The summed E-state index contributed by atoms with van der Waals surface area (Å²) in [4.78, 5) is 17.6. The minimum atomic E-state index is -0.144. The summed E-state index contributed by atoms with van der Waals surface area (Å²) in [6.45, 7) is 6.70. The first-order valence-electron chi connectivity index (χ1n) is 7.61. The van der Waals surface area contributed by atoms with Crippen molar-refractivity contribution in [2.45, 2.75) is 33.6 Å². The van der Waals surface area contributed by atoms with E-state index in [0.29, 0.717) is 6.61 Å². The molecule has 22 heavy (non-hydrogen) atoms. The van der Waals surface area contributed by atoms with Crippen molar-refractivity contribution < 1.29 is 4.84 Å². The van der Waals surface area contributed by atoms with Crippen LogP contribution in [0.4, 0.5) is 0 Å². The molecule has 0 saturated heterocycles. The number of hydrogen-bond donors (Lipinski definition) is 0. The van der Waals surface area contributed by atoms with Crippen LogP contribution in [-0.2, 0) is 0 Å². The number of para-hydroxylation sites is 1. The van der Waals surface area contributed by atoms with Crippen LogP contribution in [0.2, 0.25) is 0 Å². The van der Waals surface area contributed by atoms with E-state index in [4.69, 9.17) is 4.84 Å². The summed E-state index contributed by atoms with van der Waals surface area (Å²) in [6, 6.07) is 11.1. The second-order valence-electron chi connectivity index (χ2n) is 5.69. The SMILES string of the molecule is CC(C)=CCC/C(C)=C/COn1c(=O)ccc2ccccc21. The van der Waals surface area contributed by atoms with Crippen molar-refractivity contribution in [3.8, 4) is 0 Å². The molecule has 0 aliphatic rings. The second kappa shape index (κ2) is 7.64. The van der Waals surface area contributed by atoms with Gasteiger partial charge in [0.15, 0.2) is 0 Å². The van der Waals surface area contributed by atoms with Crippen molar-refractivity contribution in [3.63, 3.8) is 0 Å². The third-order valence-electron chi connectivity index (χ3n) is 3.49. The lowest BCUT2D eigenvalue weighted by atomic mass is 10.1. The molecule has 0 N–H and O–H groups in total. The van der Waals surface area contributed by atoms with Crippen LogP contribution in [0, 0.1) is 0 Å². The second-order valence-corrected chi connectivity index (χ2v) is 5.69. The number of allylic oxidation sites excluding steroid dienone is 3. The summed E-state index contributed by atoms with van der Waals surface area (Å²) in [5.74, 6) is 0. The molecule has 0 aliphatic carbocycles. The zero-order valence-corrected chi connectivity index (χ0v) is 13.5. The van der Waals surface area contributed by atoms with Crippen LogP contribution in [0.5, 0.6) is 0 Å². The molecule has 0 radical (unpaired) electrons. The first kappa shape index (κ1) is 16.1. The van der Waals surface area contributed by atoms with Crippen molar-refractivity contribution in [1.82, 2.24) is 4.73 Å². The fourth-order valence-electron chi connectivity index (χ4n) is 2.24. The molecule has 0 spiro atoms. The number of aromatic nitrogens is 1. The van der Waals surface area contributed by atoms with Gasteiger partial charge < -0.3 is 4.84 Å². The number of pyridine rings is 1. The Morgan fingerprint density at radius 2 is 1.86 bits per heavy atom. The third-order valence-corrected chi connectivity index (χ3v) is 3.49. The van der Waals surface area contributed by atoms with Gasteiger partial charge in [-0.1, -0.05) is 35.4 Å². The van der Waals surface area contributed by atoms with Crippen LogP contribution in [0.15, 0.2) is 64.5 Å². The first-order chi connectivity index (χ1) is 10.6. The minimum Gasteiger partial charge on any atom is -0.406 e. The Kier molecular flexibility index (Phi) is 5.59. The fourth-order valence-corrected chi connectivity index (χ4v) is 2.24. The molecule has 0 atom stereocenters. The van der Waals surface area contributed by atoms with Crippen molar-refractivity contribution in [3.05, 3.63) is 70.1 Å². The maximum absolute atomic E-state index is 12.0. The molecule has 1 heterocycles. The van der Waals surface area contributed by atoms with Crippen molar-refractivity contribution in [1.29, 1.82) is 0 Å². The summed E-state index contributed by atoms with van der Waals surface area (Å²) >= 11 is 0. The Bertz CT molecular complexity index is 749. The summed E-state index contributed by atoms with van der Waals surface area (Å²) in [6.07, 6.45) is 6.32. The molecule has 3 heteroatoms. The molecular weight excluding hydrogens is 274 g/mol. The van der Waals surface area contributed by atoms with E-state index >= 15 is 0 Å². The first-order valence-corrected chi connectivity index (χ1v) is 7.61. The van der Waals surface area contributed by atoms with Gasteiger partial charge in [0.25, 0.3) is 5.56 Å². The molecule has 3 nitrogen and oxygen atoms in total. The van der Waals surface area contributed by atoms with E-state index in [1.54, 1.807) is 0 Å². The average molecular weight is 297 g/mol. The van der Waals surface area contributed by atoms with Crippen LogP contribution in [-0.4, -0.2) is 11.3 Å². The molecule has 2 rings (SSSR count). The maximum atomic E-state index is 12.0. The molecule has 2 aromatic rings. The van der Waals surface area contributed by atoms with Crippen LogP contribution >= 0.6 is 0 Å². The van der Waals surface area contributed by atoms with Gasteiger partial charge in [-0.05, 0) is 51.8 Å². The van der Waals surface area contributed by atoms with E-state index in [2.05, 4.69) is 26.8 Å². The van der Waals surface area contributed by atoms with Gasteiger partial charge in [-0.15, -0.1) is 4.73 Å². The molecule has 1 aromatic heterocycles. The zero-order valence-electron chi connectivity index (χ0n) is 13.5. The molecule has 0 aliphatic heterocycles. The smallest absolute Gasteiger partial charge is 0.283 e. The monoisotopic (exact) mass is 297 g/mol. The Morgan fingerprint density at radius 3 is 2.64 bits per heavy atom. The fraction of sp³-hybridized carbons (Fsp3) is 0.316. The van der Waals surface area contributed by atoms with Gasteiger partial charge in [0.05, 0.1) is 5.52 Å². The van der Waals surface area contributed by atoms with Gasteiger partial charge in [0.1, 0.15) is 6.61 Å². The predicted octanol–water partition coefficient (Wildman–Crippen LogP) is 4.12. The number of hydrogen-bond acceptors (Lipinski definition) is 2. The number of rotatable bonds is 6. The number of benzene rings is 1. The highest BCUT2D eigenvalue weighted by atomic mass is 16.7. The quantitative estimate of drug-likeness (QED) is 0.751. The lowest BCUT2D eigenvalue weighted by Gasteiger charge is -2.10. The Balaban J connectivity index is 2.04. The third kappa shape index (κ3) is 4.35. The molecule has 0 unspecified atom stereocenters. The van der Waals surface area contributed by atoms with E-state index < -0.39 is 0 Å². The van der Waals surface area contributed by atoms with Gasteiger partial charge in [-0.25, -0.2) is 0 Å². The molecule has 0 saturated carbocycles. The zero-order chi connectivity index (χ0) is 15.9. The molecule has 116 valence electrons. The van der Waals surface area contributed by atoms with E-state index in [1.165, 1.54) is 21.9 Å². The van der Waals surface area contributed by atoms with Gasteiger partial charge in [0.2, 0.25) is 0 Å². The van der Waals surface area contributed by atoms with Crippen LogP contribution in [0.3, 0.4) is 0 Å². The highest BCUT2D eigenvalue weighted by Crippen LogP contribution is 2.10. The molecule has 1 aromatic carbocycles. The van der Waals surface area contributed by atoms with Gasteiger partial charge in [-0.2, -0.15) is 0 Å². The Hall–Kier alpha value is -2.29. The van der Waals surface area contributed by atoms with Crippen LogP contribution in [0.25, 0.3) is 10.9 Å². The standard InChI is InChI=1S/C19H23NO2/c1-15(2)7-6-8-16(3)13-14-22-20-18-10-5-4-9-17(18)11-12-19(20)21/h4-5,7,9-13H,6,8,14H2,1-3H3/b16-13+. The molecular formula is C19H23NO2. The van der Waals surface area contributed by atoms with Crippen LogP contribution in [0.1, 0.15) is 33.6 Å². The average Bonchev–Trinajstić information content (AvgIpc) is 2.49. The molecule has 0 fully saturated rings. The largest absolute Gasteiger partial charge is 0.406 e. The normalized spacial score (nSPS) is 11.5. The predicted molar refractivity (Wildman–Crippen MR) is 92.1 cm³/mol. The summed E-state index contributed by atoms with van der Waals surface area (Å²) in [7, 11) is 0. The molecule has 0 bridgehead atoms. The maximum Gasteiger partial charge on any atom is 0.283 e. The minimum absolute atomic E-state index is 0.144. The van der Waals surface area contributed by atoms with E-state index in [9.17, 15) is 4.79 Å². The lowest BCUT2D eigenvalue weighted by Crippen LogP contribution is -2.26. The van der Waals surface area contributed by atoms with E-state index in [0.717, 1.165) is 23.7 Å². The van der Waals surface area contributed by atoms with Crippen molar-refractivity contribution in [2.75, 3.05) is 6.61 Å². The van der Waals surface area contributed by atoms with Crippen molar-refractivity contribution >= 4 is 10.9 Å². The Labute approximate surface area is 131 Å².